The molecule has 1 amide bonds. The minimum atomic E-state index is 0.178. The molecular formula is C15H19N3O. The van der Waals surface area contributed by atoms with Gasteiger partial charge in [-0.2, -0.15) is 0 Å². The first-order valence-electron chi connectivity index (χ1n) is 6.77. The maximum atomic E-state index is 11.1. The number of hydrogen-bond acceptors (Lipinski definition) is 2. The lowest BCUT2D eigenvalue weighted by molar-refractivity contribution is -0.119. The SMILES string of the molecule is Cn1cc(CNCC2CCC(=O)N2)c2ccccc21. The molecule has 0 aliphatic carbocycles. The summed E-state index contributed by atoms with van der Waals surface area (Å²) < 4.78 is 2.16. The van der Waals surface area contributed by atoms with Gasteiger partial charge in [0.25, 0.3) is 0 Å². The average molecular weight is 257 g/mol. The average Bonchev–Trinajstić information content (AvgIpc) is 2.96. The topological polar surface area (TPSA) is 46.1 Å². The highest BCUT2D eigenvalue weighted by Crippen LogP contribution is 2.20. The number of amides is 1. The van der Waals surface area contributed by atoms with Crippen molar-refractivity contribution in [1.29, 1.82) is 0 Å². The monoisotopic (exact) mass is 257 g/mol. The van der Waals surface area contributed by atoms with Gasteiger partial charge in [0, 0.05) is 49.7 Å². The van der Waals surface area contributed by atoms with E-state index >= 15 is 0 Å². The van der Waals surface area contributed by atoms with E-state index in [9.17, 15) is 4.79 Å². The lowest BCUT2D eigenvalue weighted by atomic mass is 10.1. The number of para-hydroxylation sites is 1. The van der Waals surface area contributed by atoms with Crippen LogP contribution >= 0.6 is 0 Å². The summed E-state index contributed by atoms with van der Waals surface area (Å²) in [5.74, 6) is 0.178. The van der Waals surface area contributed by atoms with E-state index in [1.807, 2.05) is 0 Å². The van der Waals surface area contributed by atoms with Gasteiger partial charge in [-0.05, 0) is 18.1 Å². The molecule has 3 rings (SSSR count). The van der Waals surface area contributed by atoms with Crippen molar-refractivity contribution >= 4 is 16.8 Å². The van der Waals surface area contributed by atoms with Crippen LogP contribution in [-0.2, 0) is 18.4 Å². The lowest BCUT2D eigenvalue weighted by Gasteiger charge is -2.10. The van der Waals surface area contributed by atoms with Crippen LogP contribution in [0.1, 0.15) is 18.4 Å². The Hall–Kier alpha value is -1.81. The normalized spacial score (nSPS) is 19.0. The van der Waals surface area contributed by atoms with Crippen LogP contribution in [0.5, 0.6) is 0 Å². The van der Waals surface area contributed by atoms with Gasteiger partial charge < -0.3 is 15.2 Å². The molecule has 1 aliphatic rings. The van der Waals surface area contributed by atoms with E-state index < -0.39 is 0 Å². The van der Waals surface area contributed by atoms with Crippen LogP contribution in [0.25, 0.3) is 10.9 Å². The molecule has 1 aromatic carbocycles. The Bertz CT molecular complexity index is 602. The molecule has 2 heterocycles. The second-order valence-corrected chi connectivity index (χ2v) is 5.22. The first kappa shape index (κ1) is 12.2. The van der Waals surface area contributed by atoms with Crippen LogP contribution in [0.3, 0.4) is 0 Å². The van der Waals surface area contributed by atoms with Gasteiger partial charge in [-0.1, -0.05) is 18.2 Å². The van der Waals surface area contributed by atoms with Crippen molar-refractivity contribution in [3.8, 4) is 0 Å². The van der Waals surface area contributed by atoms with Crippen LogP contribution in [0.2, 0.25) is 0 Å². The molecule has 0 radical (unpaired) electrons. The zero-order valence-corrected chi connectivity index (χ0v) is 11.1. The fraction of sp³-hybridized carbons (Fsp3) is 0.400. The van der Waals surface area contributed by atoms with Crippen LogP contribution in [0.4, 0.5) is 0 Å². The molecule has 1 saturated heterocycles. The zero-order chi connectivity index (χ0) is 13.2. The van der Waals surface area contributed by atoms with Gasteiger partial charge in [0.2, 0.25) is 5.91 Å². The third kappa shape index (κ3) is 2.49. The van der Waals surface area contributed by atoms with Crippen molar-refractivity contribution in [3.63, 3.8) is 0 Å². The number of aromatic nitrogens is 1. The number of carbonyl (C=O) groups excluding carboxylic acids is 1. The quantitative estimate of drug-likeness (QED) is 0.873. The van der Waals surface area contributed by atoms with E-state index in [0.29, 0.717) is 12.5 Å². The molecule has 100 valence electrons. The second kappa shape index (κ2) is 5.05. The Labute approximate surface area is 112 Å². The highest BCUT2D eigenvalue weighted by Gasteiger charge is 2.19. The third-order valence-electron chi connectivity index (χ3n) is 3.77. The van der Waals surface area contributed by atoms with Gasteiger partial charge in [0.05, 0.1) is 0 Å². The number of nitrogens with one attached hydrogen (secondary N) is 2. The van der Waals surface area contributed by atoms with Gasteiger partial charge in [-0.15, -0.1) is 0 Å². The number of hydrogen-bond donors (Lipinski definition) is 2. The standard InChI is InChI=1S/C15H19N3O/c1-18-10-11(13-4-2-3-5-14(13)18)8-16-9-12-6-7-15(19)17-12/h2-5,10,12,16H,6-9H2,1H3,(H,17,19). The molecule has 4 nitrogen and oxygen atoms in total. The molecule has 2 N–H and O–H groups in total. The van der Waals surface area contributed by atoms with Crippen molar-refractivity contribution in [1.82, 2.24) is 15.2 Å². The van der Waals surface area contributed by atoms with E-state index in [1.165, 1.54) is 16.5 Å². The molecule has 1 atom stereocenters. The van der Waals surface area contributed by atoms with Crippen molar-refractivity contribution in [2.24, 2.45) is 7.05 Å². The Morgan fingerprint density at radius 2 is 2.26 bits per heavy atom. The fourth-order valence-electron chi connectivity index (χ4n) is 2.78. The smallest absolute Gasteiger partial charge is 0.220 e. The number of fused-ring (bicyclic) bond motifs is 1. The second-order valence-electron chi connectivity index (χ2n) is 5.22. The Morgan fingerprint density at radius 3 is 3.05 bits per heavy atom. The molecule has 1 unspecified atom stereocenters. The predicted octanol–water partition coefficient (Wildman–Crippen LogP) is 1.55. The molecule has 2 aromatic rings. The van der Waals surface area contributed by atoms with E-state index in [0.717, 1.165) is 19.5 Å². The van der Waals surface area contributed by atoms with E-state index in [2.05, 4.69) is 52.7 Å². The number of nitrogens with zero attached hydrogens (tertiary/aromatic N) is 1. The van der Waals surface area contributed by atoms with Crippen molar-refractivity contribution in [3.05, 3.63) is 36.0 Å². The molecule has 1 fully saturated rings. The van der Waals surface area contributed by atoms with E-state index in [1.54, 1.807) is 0 Å². The van der Waals surface area contributed by atoms with Crippen molar-refractivity contribution in [2.45, 2.75) is 25.4 Å². The number of aryl methyl sites for hydroxylation is 1. The van der Waals surface area contributed by atoms with Gasteiger partial charge in [0.1, 0.15) is 0 Å². The Kier molecular flexibility index (Phi) is 3.25. The first-order valence-corrected chi connectivity index (χ1v) is 6.77. The zero-order valence-electron chi connectivity index (χ0n) is 11.1. The van der Waals surface area contributed by atoms with Crippen LogP contribution in [0, 0.1) is 0 Å². The molecule has 0 bridgehead atoms. The van der Waals surface area contributed by atoms with Crippen molar-refractivity contribution < 1.29 is 4.79 Å². The molecule has 0 saturated carbocycles. The largest absolute Gasteiger partial charge is 0.352 e. The van der Waals surface area contributed by atoms with Crippen LogP contribution < -0.4 is 10.6 Å². The number of rotatable bonds is 4. The summed E-state index contributed by atoms with van der Waals surface area (Å²) in [7, 11) is 2.07. The summed E-state index contributed by atoms with van der Waals surface area (Å²) in [6.07, 6.45) is 3.78. The number of benzene rings is 1. The first-order chi connectivity index (χ1) is 9.24. The van der Waals surface area contributed by atoms with Crippen LogP contribution in [-0.4, -0.2) is 23.1 Å². The summed E-state index contributed by atoms with van der Waals surface area (Å²) in [5, 5.41) is 7.72. The Morgan fingerprint density at radius 1 is 1.42 bits per heavy atom. The summed E-state index contributed by atoms with van der Waals surface area (Å²) in [6.45, 7) is 1.68. The molecule has 1 aliphatic heterocycles. The fourth-order valence-corrected chi connectivity index (χ4v) is 2.78. The van der Waals surface area contributed by atoms with Gasteiger partial charge in [0.15, 0.2) is 0 Å². The summed E-state index contributed by atoms with van der Waals surface area (Å²) in [5.41, 5.74) is 2.57. The molecule has 0 spiro atoms. The highest BCUT2D eigenvalue weighted by atomic mass is 16.1. The summed E-state index contributed by atoms with van der Waals surface area (Å²) in [6, 6.07) is 8.72. The maximum Gasteiger partial charge on any atom is 0.220 e. The van der Waals surface area contributed by atoms with E-state index in [4.69, 9.17) is 0 Å². The third-order valence-corrected chi connectivity index (χ3v) is 3.77. The van der Waals surface area contributed by atoms with Gasteiger partial charge >= 0.3 is 0 Å². The minimum Gasteiger partial charge on any atom is -0.352 e. The summed E-state index contributed by atoms with van der Waals surface area (Å²) >= 11 is 0. The van der Waals surface area contributed by atoms with Crippen molar-refractivity contribution in [2.75, 3.05) is 6.54 Å². The van der Waals surface area contributed by atoms with E-state index in [-0.39, 0.29) is 5.91 Å². The van der Waals surface area contributed by atoms with Crippen LogP contribution in [0.15, 0.2) is 30.5 Å². The number of carbonyl (C=O) groups is 1. The van der Waals surface area contributed by atoms with Gasteiger partial charge in [-0.25, -0.2) is 0 Å². The molecule has 1 aromatic heterocycles. The lowest BCUT2D eigenvalue weighted by Crippen LogP contribution is -2.35. The molecule has 4 heteroatoms. The van der Waals surface area contributed by atoms with Gasteiger partial charge in [-0.3, -0.25) is 4.79 Å². The highest BCUT2D eigenvalue weighted by molar-refractivity contribution is 5.83. The molecule has 19 heavy (non-hydrogen) atoms. The predicted molar refractivity (Wildman–Crippen MR) is 75.8 cm³/mol. The summed E-state index contributed by atoms with van der Waals surface area (Å²) in [4.78, 5) is 11.1. The molecular weight excluding hydrogens is 238 g/mol. The maximum absolute atomic E-state index is 11.1. The Balaban J connectivity index is 1.64. The minimum absolute atomic E-state index is 0.178.